The van der Waals surface area contributed by atoms with Crippen LogP contribution in [-0.2, 0) is 12.4 Å². The topological polar surface area (TPSA) is 20.2 Å². The van der Waals surface area contributed by atoms with Gasteiger partial charge in [-0.15, -0.1) is 11.8 Å². The van der Waals surface area contributed by atoms with Gasteiger partial charge in [-0.3, -0.25) is 0 Å². The number of aryl methyl sites for hydroxylation is 1. The molecule has 0 aliphatic carbocycles. The van der Waals surface area contributed by atoms with Crippen molar-refractivity contribution in [2.75, 3.05) is 0 Å². The van der Waals surface area contributed by atoms with E-state index in [1.54, 1.807) is 11.8 Å². The van der Waals surface area contributed by atoms with Crippen molar-refractivity contribution in [1.29, 1.82) is 0 Å². The van der Waals surface area contributed by atoms with Gasteiger partial charge >= 0.3 is 0 Å². The Bertz CT molecular complexity index is 540. The number of aliphatic hydroxyl groups is 1. The van der Waals surface area contributed by atoms with Crippen molar-refractivity contribution in [3.63, 3.8) is 0 Å². The van der Waals surface area contributed by atoms with E-state index in [0.717, 1.165) is 26.8 Å². The summed E-state index contributed by atoms with van der Waals surface area (Å²) in [4.78, 5) is 1.11. The van der Waals surface area contributed by atoms with E-state index in [1.807, 2.05) is 37.3 Å². The summed E-state index contributed by atoms with van der Waals surface area (Å²) in [6, 6.07) is 14.0. The summed E-state index contributed by atoms with van der Waals surface area (Å²) in [5, 5.41) is 10.1. The molecule has 0 aliphatic heterocycles. The Kier molecular flexibility index (Phi) is 4.70. The third-order valence-electron chi connectivity index (χ3n) is 2.73. The number of hydrogen-bond acceptors (Lipinski definition) is 2. The largest absolute Gasteiger partial charge is 0.392 e. The average molecular weight is 279 g/mol. The van der Waals surface area contributed by atoms with Gasteiger partial charge in [0.1, 0.15) is 0 Å². The highest BCUT2D eigenvalue weighted by Crippen LogP contribution is 2.29. The van der Waals surface area contributed by atoms with Gasteiger partial charge in [0.15, 0.2) is 0 Å². The lowest BCUT2D eigenvalue weighted by Gasteiger charge is -2.09. The Morgan fingerprint density at radius 3 is 2.61 bits per heavy atom. The van der Waals surface area contributed by atoms with Gasteiger partial charge in [0.05, 0.1) is 6.61 Å². The zero-order valence-corrected chi connectivity index (χ0v) is 11.8. The van der Waals surface area contributed by atoms with Crippen LogP contribution in [0.4, 0.5) is 0 Å². The van der Waals surface area contributed by atoms with E-state index in [0.29, 0.717) is 0 Å². The monoisotopic (exact) mass is 278 g/mol. The summed E-state index contributed by atoms with van der Waals surface area (Å²) in [5.74, 6) is 0.815. The maximum absolute atomic E-state index is 9.36. The minimum Gasteiger partial charge on any atom is -0.392 e. The van der Waals surface area contributed by atoms with Crippen LogP contribution < -0.4 is 0 Å². The van der Waals surface area contributed by atoms with E-state index in [9.17, 15) is 5.11 Å². The second-order valence-electron chi connectivity index (χ2n) is 4.15. The highest BCUT2D eigenvalue weighted by molar-refractivity contribution is 7.98. The fourth-order valence-corrected chi connectivity index (χ4v) is 3.06. The van der Waals surface area contributed by atoms with Crippen molar-refractivity contribution >= 4 is 23.4 Å². The third kappa shape index (κ3) is 3.29. The van der Waals surface area contributed by atoms with Crippen LogP contribution in [0.2, 0.25) is 5.02 Å². The molecule has 0 unspecified atom stereocenters. The summed E-state index contributed by atoms with van der Waals surface area (Å²) >= 11 is 7.83. The zero-order chi connectivity index (χ0) is 13.0. The minimum absolute atomic E-state index is 0.0759. The number of benzene rings is 2. The first kappa shape index (κ1) is 13.5. The van der Waals surface area contributed by atoms with E-state index in [1.165, 1.54) is 5.56 Å². The van der Waals surface area contributed by atoms with Crippen LogP contribution in [0.25, 0.3) is 0 Å². The maximum atomic E-state index is 9.36. The molecule has 0 saturated heterocycles. The number of aliphatic hydroxyl groups excluding tert-OH is 1. The zero-order valence-electron chi connectivity index (χ0n) is 10.2. The van der Waals surface area contributed by atoms with Crippen LogP contribution in [0.3, 0.4) is 0 Å². The fourth-order valence-electron chi connectivity index (χ4n) is 1.74. The van der Waals surface area contributed by atoms with Crippen molar-refractivity contribution in [1.82, 2.24) is 0 Å². The Morgan fingerprint density at radius 1 is 1.11 bits per heavy atom. The van der Waals surface area contributed by atoms with Gasteiger partial charge in [0, 0.05) is 15.7 Å². The smallest absolute Gasteiger partial charge is 0.0692 e. The van der Waals surface area contributed by atoms with Crippen LogP contribution in [-0.4, -0.2) is 5.11 Å². The van der Waals surface area contributed by atoms with Crippen molar-refractivity contribution in [3.8, 4) is 0 Å². The fraction of sp³-hybridized carbons (Fsp3) is 0.200. The number of hydrogen-bond donors (Lipinski definition) is 1. The predicted octanol–water partition coefficient (Wildman–Crippen LogP) is 4.43. The molecule has 94 valence electrons. The molecule has 0 spiro atoms. The van der Waals surface area contributed by atoms with Crippen molar-refractivity contribution in [2.24, 2.45) is 0 Å². The van der Waals surface area contributed by atoms with Crippen molar-refractivity contribution in [2.45, 2.75) is 24.2 Å². The first-order chi connectivity index (χ1) is 8.70. The minimum atomic E-state index is 0.0759. The molecule has 2 aromatic rings. The number of thioether (sulfide) groups is 1. The second kappa shape index (κ2) is 6.28. The Balaban J connectivity index is 2.13. The molecule has 18 heavy (non-hydrogen) atoms. The van der Waals surface area contributed by atoms with Gasteiger partial charge in [-0.1, -0.05) is 47.5 Å². The second-order valence-corrected chi connectivity index (χ2v) is 5.57. The predicted molar refractivity (Wildman–Crippen MR) is 78.1 cm³/mol. The summed E-state index contributed by atoms with van der Waals surface area (Å²) in [6.45, 7) is 2.11. The molecule has 2 rings (SSSR count). The van der Waals surface area contributed by atoms with Gasteiger partial charge < -0.3 is 5.11 Å². The van der Waals surface area contributed by atoms with Gasteiger partial charge in [0.2, 0.25) is 0 Å². The van der Waals surface area contributed by atoms with Gasteiger partial charge in [-0.05, 0) is 30.2 Å². The maximum Gasteiger partial charge on any atom is 0.0692 e. The third-order valence-corrected chi connectivity index (χ3v) is 4.26. The van der Waals surface area contributed by atoms with E-state index in [4.69, 9.17) is 11.6 Å². The van der Waals surface area contributed by atoms with E-state index in [-0.39, 0.29) is 6.61 Å². The molecule has 3 heteroatoms. The summed E-state index contributed by atoms with van der Waals surface area (Å²) < 4.78 is 0. The average Bonchev–Trinajstić information content (AvgIpc) is 2.39. The van der Waals surface area contributed by atoms with Gasteiger partial charge in [-0.25, -0.2) is 0 Å². The molecule has 0 aromatic heterocycles. The Hall–Kier alpha value is -0.960. The highest BCUT2D eigenvalue weighted by atomic mass is 35.5. The molecule has 0 fully saturated rings. The molecular weight excluding hydrogens is 264 g/mol. The lowest BCUT2D eigenvalue weighted by atomic mass is 10.1. The van der Waals surface area contributed by atoms with Crippen LogP contribution in [0.1, 0.15) is 16.7 Å². The lowest BCUT2D eigenvalue weighted by molar-refractivity contribution is 0.279. The van der Waals surface area contributed by atoms with Crippen LogP contribution >= 0.6 is 23.4 Å². The molecule has 0 saturated carbocycles. The molecule has 0 amide bonds. The molecule has 1 nitrogen and oxygen atoms in total. The quantitative estimate of drug-likeness (QED) is 0.835. The van der Waals surface area contributed by atoms with Crippen LogP contribution in [0, 0.1) is 6.92 Å². The molecule has 0 atom stereocenters. The lowest BCUT2D eigenvalue weighted by Crippen LogP contribution is -1.90. The van der Waals surface area contributed by atoms with E-state index >= 15 is 0 Å². The standard InChI is InChI=1S/C15H15ClOS/c1-11-6-7-15(13(8-11)9-17)18-10-12-4-2-3-5-14(12)16/h2-8,17H,9-10H2,1H3. The van der Waals surface area contributed by atoms with E-state index in [2.05, 4.69) is 12.1 Å². The van der Waals surface area contributed by atoms with E-state index < -0.39 is 0 Å². The summed E-state index contributed by atoms with van der Waals surface area (Å²) in [6.07, 6.45) is 0. The Labute approximate surface area is 117 Å². The van der Waals surface area contributed by atoms with Crippen LogP contribution in [0.5, 0.6) is 0 Å². The van der Waals surface area contributed by atoms with Crippen molar-refractivity contribution in [3.05, 3.63) is 64.2 Å². The van der Waals surface area contributed by atoms with Gasteiger partial charge in [-0.2, -0.15) is 0 Å². The molecule has 2 aromatic carbocycles. The van der Waals surface area contributed by atoms with Crippen LogP contribution in [0.15, 0.2) is 47.4 Å². The summed E-state index contributed by atoms with van der Waals surface area (Å²) in [7, 11) is 0. The number of halogens is 1. The molecule has 0 radical (unpaired) electrons. The SMILES string of the molecule is Cc1ccc(SCc2ccccc2Cl)c(CO)c1. The first-order valence-electron chi connectivity index (χ1n) is 5.77. The normalized spacial score (nSPS) is 10.6. The first-order valence-corrected chi connectivity index (χ1v) is 7.13. The highest BCUT2D eigenvalue weighted by Gasteiger charge is 2.05. The number of rotatable bonds is 4. The van der Waals surface area contributed by atoms with Gasteiger partial charge in [0.25, 0.3) is 0 Å². The van der Waals surface area contributed by atoms with Crippen molar-refractivity contribution < 1.29 is 5.11 Å². The molecule has 0 bridgehead atoms. The molecule has 0 heterocycles. The molecular formula is C15H15ClOS. The molecule has 1 N–H and O–H groups in total. The molecule has 0 aliphatic rings. The summed E-state index contributed by atoms with van der Waals surface area (Å²) in [5.41, 5.74) is 3.27. The Morgan fingerprint density at radius 2 is 1.89 bits per heavy atom.